The van der Waals surface area contributed by atoms with Gasteiger partial charge in [0.1, 0.15) is 11.3 Å². The van der Waals surface area contributed by atoms with Crippen LogP contribution in [0.25, 0.3) is 39.5 Å². The van der Waals surface area contributed by atoms with Gasteiger partial charge in [-0.2, -0.15) is 0 Å². The van der Waals surface area contributed by atoms with Crippen molar-refractivity contribution in [2.45, 2.75) is 44.6 Å². The van der Waals surface area contributed by atoms with Crippen LogP contribution in [0, 0.1) is 11.8 Å². The van der Waals surface area contributed by atoms with Crippen LogP contribution in [0.1, 0.15) is 44.1 Å². The molecule has 7 rings (SSSR count). The summed E-state index contributed by atoms with van der Waals surface area (Å²) in [6, 6.07) is 27.4. The van der Waals surface area contributed by atoms with E-state index in [0.29, 0.717) is 23.7 Å². The number of imidazole rings is 1. The molecular formula is C36H38N6O2. The maximum atomic E-state index is 11.9. The summed E-state index contributed by atoms with van der Waals surface area (Å²) in [4.78, 5) is 28.9. The number of methoxy groups -OCH3 is 1. The lowest BCUT2D eigenvalue weighted by atomic mass is 9.77. The summed E-state index contributed by atoms with van der Waals surface area (Å²) in [6.07, 6.45) is 5.77. The van der Waals surface area contributed by atoms with Crippen molar-refractivity contribution >= 4 is 23.0 Å². The van der Waals surface area contributed by atoms with E-state index in [4.69, 9.17) is 20.4 Å². The fourth-order valence-electron chi connectivity index (χ4n) is 7.01. The van der Waals surface area contributed by atoms with Gasteiger partial charge in [0.2, 0.25) is 0 Å². The summed E-state index contributed by atoms with van der Waals surface area (Å²) in [7, 11) is 1.50. The number of nitrogens with two attached hydrogens (primary N) is 1. The molecule has 5 aromatic rings. The van der Waals surface area contributed by atoms with E-state index >= 15 is 0 Å². The highest BCUT2D eigenvalue weighted by atomic mass is 16.5. The first kappa shape index (κ1) is 28.2. The smallest absolute Gasteiger partial charge is 0.308 e. The Bertz CT molecular complexity index is 1770. The molecule has 2 aromatic carbocycles. The predicted octanol–water partition coefficient (Wildman–Crippen LogP) is 6.50. The van der Waals surface area contributed by atoms with Crippen LogP contribution in [0.5, 0.6) is 0 Å². The van der Waals surface area contributed by atoms with Gasteiger partial charge >= 0.3 is 5.97 Å². The predicted molar refractivity (Wildman–Crippen MR) is 173 cm³/mol. The van der Waals surface area contributed by atoms with Crippen LogP contribution in [-0.2, 0) is 9.53 Å². The van der Waals surface area contributed by atoms with Crippen molar-refractivity contribution in [3.8, 4) is 28.3 Å². The van der Waals surface area contributed by atoms with Gasteiger partial charge in [-0.15, -0.1) is 0 Å². The number of aromatic nitrogens is 4. The number of carbonyl (C=O) groups is 1. The van der Waals surface area contributed by atoms with Crippen LogP contribution in [0.15, 0.2) is 85.1 Å². The Kier molecular flexibility index (Phi) is 7.60. The van der Waals surface area contributed by atoms with Crippen molar-refractivity contribution in [1.82, 2.24) is 24.4 Å². The van der Waals surface area contributed by atoms with Gasteiger partial charge in [0.25, 0.3) is 0 Å². The van der Waals surface area contributed by atoms with Gasteiger partial charge in [-0.1, -0.05) is 42.5 Å². The first-order chi connectivity index (χ1) is 21.5. The van der Waals surface area contributed by atoms with Crippen molar-refractivity contribution in [2.75, 3.05) is 25.9 Å². The molecule has 2 aliphatic rings. The van der Waals surface area contributed by atoms with E-state index in [-0.39, 0.29) is 11.9 Å². The third-order valence-corrected chi connectivity index (χ3v) is 9.75. The zero-order valence-corrected chi connectivity index (χ0v) is 25.3. The molecule has 0 spiro atoms. The fourth-order valence-corrected chi connectivity index (χ4v) is 7.01. The lowest BCUT2D eigenvalue weighted by molar-refractivity contribution is -0.147. The first-order valence-electron chi connectivity index (χ1n) is 15.6. The number of hydrogen-bond donors (Lipinski definition) is 1. The minimum atomic E-state index is -0.0457. The normalized spacial score (nSPS) is 19.9. The number of likely N-dealkylation sites (tertiary alicyclic amines) is 1. The van der Waals surface area contributed by atoms with Crippen LogP contribution in [-0.4, -0.2) is 56.6 Å². The van der Waals surface area contributed by atoms with E-state index in [2.05, 4.69) is 57.8 Å². The molecule has 8 heteroatoms. The molecule has 44 heavy (non-hydrogen) atoms. The SMILES string of the molecule is COC(=O)C1CCC(C(C)N2CC(c3ccc(-n4c(-c5cccnc5N)nc5ccc(-c6ccccc6)nc54)cc3)C2)CC1. The molecule has 2 N–H and O–H groups in total. The van der Waals surface area contributed by atoms with Gasteiger partial charge in [-0.25, -0.2) is 15.0 Å². The average Bonchev–Trinajstić information content (AvgIpc) is 3.43. The Labute approximate surface area is 257 Å². The van der Waals surface area contributed by atoms with Crippen LogP contribution in [0.3, 0.4) is 0 Å². The third-order valence-electron chi connectivity index (χ3n) is 9.75. The van der Waals surface area contributed by atoms with Gasteiger partial charge in [-0.05, 0) is 80.5 Å². The number of ether oxygens (including phenoxy) is 1. The number of hydrogen-bond acceptors (Lipinski definition) is 7. The van der Waals surface area contributed by atoms with Crippen LogP contribution < -0.4 is 5.73 Å². The molecule has 0 amide bonds. The molecule has 1 aliphatic heterocycles. The zero-order chi connectivity index (χ0) is 30.2. The van der Waals surface area contributed by atoms with Gasteiger partial charge in [0.15, 0.2) is 11.5 Å². The minimum absolute atomic E-state index is 0.0457. The molecule has 3 aromatic heterocycles. The van der Waals surface area contributed by atoms with Crippen molar-refractivity contribution in [1.29, 1.82) is 0 Å². The highest BCUT2D eigenvalue weighted by Crippen LogP contribution is 2.38. The molecule has 2 fully saturated rings. The van der Waals surface area contributed by atoms with Crippen molar-refractivity contribution in [3.05, 3.63) is 90.6 Å². The number of anilines is 1. The van der Waals surface area contributed by atoms with E-state index in [1.54, 1.807) is 6.20 Å². The monoisotopic (exact) mass is 586 g/mol. The van der Waals surface area contributed by atoms with Gasteiger partial charge in [0.05, 0.1) is 24.3 Å². The quantitative estimate of drug-likeness (QED) is 0.217. The zero-order valence-electron chi connectivity index (χ0n) is 25.3. The topological polar surface area (TPSA) is 99.2 Å². The lowest BCUT2D eigenvalue weighted by Crippen LogP contribution is -2.52. The molecule has 1 unspecified atom stereocenters. The second-order valence-electron chi connectivity index (χ2n) is 12.2. The highest BCUT2D eigenvalue weighted by molar-refractivity contribution is 5.84. The Morgan fingerprint density at radius 1 is 0.909 bits per heavy atom. The van der Waals surface area contributed by atoms with E-state index < -0.39 is 0 Å². The number of esters is 1. The number of nitrogen functional groups attached to an aromatic ring is 1. The Hall–Kier alpha value is -4.56. The average molecular weight is 587 g/mol. The first-order valence-corrected chi connectivity index (χ1v) is 15.6. The van der Waals surface area contributed by atoms with Gasteiger partial charge < -0.3 is 10.5 Å². The van der Waals surface area contributed by atoms with Gasteiger partial charge in [-0.3, -0.25) is 14.3 Å². The molecule has 0 bridgehead atoms. The van der Waals surface area contributed by atoms with E-state index in [0.717, 1.165) is 78.3 Å². The number of benzene rings is 2. The summed E-state index contributed by atoms with van der Waals surface area (Å²) in [5, 5.41) is 0. The lowest BCUT2D eigenvalue weighted by Gasteiger charge is -2.47. The summed E-state index contributed by atoms with van der Waals surface area (Å²) in [5.74, 6) is 2.34. The number of nitrogens with zero attached hydrogens (tertiary/aromatic N) is 5. The van der Waals surface area contributed by atoms with Crippen molar-refractivity contribution in [2.24, 2.45) is 11.8 Å². The fraction of sp³-hybridized carbons (Fsp3) is 0.333. The maximum absolute atomic E-state index is 11.9. The van der Waals surface area contributed by atoms with Crippen molar-refractivity contribution in [3.63, 3.8) is 0 Å². The summed E-state index contributed by atoms with van der Waals surface area (Å²) in [6.45, 7) is 4.48. The standard InChI is InChI=1S/C36H38N6O2/c1-23(24-10-12-27(13-11-24)36(43)44-2)41-21-28(22-41)25-14-16-29(17-15-25)42-34(30-9-6-20-38-33(30)37)40-32-19-18-31(39-35(32)42)26-7-4-3-5-8-26/h3-9,14-20,23-24,27-28H,10-13,21-22H2,1-2H3,(H2,37,38). The molecule has 1 saturated heterocycles. The van der Waals surface area contributed by atoms with E-state index in [9.17, 15) is 4.79 Å². The molecular weight excluding hydrogens is 548 g/mol. The Morgan fingerprint density at radius 2 is 1.66 bits per heavy atom. The van der Waals surface area contributed by atoms with Gasteiger partial charge in [0, 0.05) is 42.5 Å². The molecule has 1 atom stereocenters. The van der Waals surface area contributed by atoms with Crippen LogP contribution in [0.4, 0.5) is 5.82 Å². The summed E-state index contributed by atoms with van der Waals surface area (Å²) in [5.41, 5.74) is 13.0. The molecule has 0 radical (unpaired) electrons. The highest BCUT2D eigenvalue weighted by Gasteiger charge is 2.37. The minimum Gasteiger partial charge on any atom is -0.469 e. The Balaban J connectivity index is 1.13. The molecule has 1 saturated carbocycles. The van der Waals surface area contributed by atoms with E-state index in [1.807, 2.05) is 42.5 Å². The van der Waals surface area contributed by atoms with Crippen LogP contribution in [0.2, 0.25) is 0 Å². The van der Waals surface area contributed by atoms with Crippen molar-refractivity contribution < 1.29 is 9.53 Å². The number of fused-ring (bicyclic) bond motifs is 1. The Morgan fingerprint density at radius 3 is 2.36 bits per heavy atom. The number of pyridine rings is 2. The second kappa shape index (κ2) is 11.8. The summed E-state index contributed by atoms with van der Waals surface area (Å²) >= 11 is 0. The maximum Gasteiger partial charge on any atom is 0.308 e. The molecule has 1 aliphatic carbocycles. The molecule has 8 nitrogen and oxygen atoms in total. The van der Waals surface area contributed by atoms with Crippen LogP contribution >= 0.6 is 0 Å². The van der Waals surface area contributed by atoms with E-state index in [1.165, 1.54) is 12.7 Å². The largest absolute Gasteiger partial charge is 0.469 e. The molecule has 4 heterocycles. The second-order valence-corrected chi connectivity index (χ2v) is 12.2. The third kappa shape index (κ3) is 5.24. The summed E-state index contributed by atoms with van der Waals surface area (Å²) < 4.78 is 7.07. The molecule has 224 valence electrons. The number of carbonyl (C=O) groups excluding carboxylic acids is 1. The number of rotatable bonds is 7.